The van der Waals surface area contributed by atoms with Crippen molar-refractivity contribution < 1.29 is 66.4 Å². The topological polar surface area (TPSA) is 98.2 Å². The molecule has 1 saturated heterocycles. The number of ether oxygens (including phenoxy) is 1. The molecular weight excluding hydrogens is 725 g/mol. The molecule has 19 heteroatoms. The zero-order valence-electron chi connectivity index (χ0n) is 27.0. The molecule has 2 aromatic carbocycles. The van der Waals surface area contributed by atoms with Crippen molar-refractivity contribution in [3.8, 4) is 0 Å². The van der Waals surface area contributed by atoms with Crippen LogP contribution in [0.15, 0.2) is 60.5 Å². The van der Waals surface area contributed by atoms with Crippen molar-refractivity contribution >= 4 is 33.0 Å². The van der Waals surface area contributed by atoms with E-state index < -0.39 is 86.7 Å². The van der Waals surface area contributed by atoms with E-state index in [2.05, 4.69) is 4.18 Å². The monoisotopic (exact) mass is 755 g/mol. The third kappa shape index (κ3) is 8.29. The van der Waals surface area contributed by atoms with Gasteiger partial charge in [0.05, 0.1) is 23.2 Å². The minimum absolute atomic E-state index is 0.111. The van der Waals surface area contributed by atoms with Crippen molar-refractivity contribution in [3.05, 3.63) is 82.8 Å². The zero-order chi connectivity index (χ0) is 37.9. The molecule has 278 valence electrons. The summed E-state index contributed by atoms with van der Waals surface area (Å²) < 4.78 is 156. The molecule has 0 radical (unpaired) electrons. The maximum atomic E-state index is 14.0. The van der Waals surface area contributed by atoms with Gasteiger partial charge in [-0.1, -0.05) is 18.2 Å². The van der Waals surface area contributed by atoms with Crippen molar-refractivity contribution in [1.29, 1.82) is 0 Å². The molecule has 51 heavy (non-hydrogen) atoms. The standard InChI is InChI=1S/C32H30F9N3O6S/c1-29(2,3)49-28(46)44-14-19(25-6-4-5-7-26(25)44)12-23-15-42-17-24(50-51(47,48)32(39,40)41)9-8-22(42)16-43(23)27(45)18-10-20(30(33,34)35)13-21(11-18)31(36,37)38/h4-7,9-11,13-14,22-23H,8,12,15-17H2,1-3H3/t22-,23-/m1/s1. The number of fused-ring (bicyclic) bond motifs is 2. The Morgan fingerprint density at radius 1 is 0.882 bits per heavy atom. The van der Waals surface area contributed by atoms with E-state index in [-0.39, 0.29) is 32.0 Å². The number of benzene rings is 2. The second kappa shape index (κ2) is 13.1. The van der Waals surface area contributed by atoms with Gasteiger partial charge in [-0.05, 0) is 69.5 Å². The first kappa shape index (κ1) is 38.0. The summed E-state index contributed by atoms with van der Waals surface area (Å²) in [5.74, 6) is -1.74. The van der Waals surface area contributed by atoms with Crippen LogP contribution in [0.2, 0.25) is 0 Å². The van der Waals surface area contributed by atoms with Crippen molar-refractivity contribution in [2.45, 2.75) is 69.2 Å². The molecule has 3 aromatic rings. The number of halogens is 9. The van der Waals surface area contributed by atoms with Crippen molar-refractivity contribution in [1.82, 2.24) is 14.4 Å². The predicted octanol–water partition coefficient (Wildman–Crippen LogP) is 7.35. The molecule has 0 saturated carbocycles. The summed E-state index contributed by atoms with van der Waals surface area (Å²) in [6.45, 7) is 3.91. The number of nitrogens with zero attached hydrogens (tertiary/aromatic N) is 3. The van der Waals surface area contributed by atoms with Gasteiger partial charge >= 0.3 is 34.1 Å². The van der Waals surface area contributed by atoms with Crippen LogP contribution in [0.3, 0.4) is 0 Å². The Morgan fingerprint density at radius 2 is 1.49 bits per heavy atom. The van der Waals surface area contributed by atoms with Gasteiger partial charge < -0.3 is 13.8 Å². The van der Waals surface area contributed by atoms with Crippen LogP contribution in [0.25, 0.3) is 10.9 Å². The van der Waals surface area contributed by atoms with Crippen LogP contribution in [0.5, 0.6) is 0 Å². The Bertz CT molecular complexity index is 1950. The molecule has 1 amide bonds. The average Bonchev–Trinajstić information content (AvgIpc) is 3.36. The summed E-state index contributed by atoms with van der Waals surface area (Å²) in [6.07, 6.45) is -9.07. The molecular formula is C32H30F9N3O6S. The molecule has 0 unspecified atom stereocenters. The summed E-state index contributed by atoms with van der Waals surface area (Å²) in [5, 5.41) is 0.496. The minimum atomic E-state index is -6.02. The summed E-state index contributed by atoms with van der Waals surface area (Å²) in [7, 11) is -6.02. The second-order valence-electron chi connectivity index (χ2n) is 13.1. The van der Waals surface area contributed by atoms with Gasteiger partial charge in [-0.15, -0.1) is 0 Å². The van der Waals surface area contributed by atoms with Gasteiger partial charge in [0, 0.05) is 42.3 Å². The number of carbonyl (C=O) groups excluding carboxylic acids is 2. The Balaban J connectivity index is 1.56. The molecule has 0 aliphatic carbocycles. The number of hydrogen-bond acceptors (Lipinski definition) is 7. The SMILES string of the molecule is CC(C)(C)OC(=O)n1cc(C[C@@H]2CN3CC(OS(=O)(=O)C(F)(F)F)=CC[C@@H]3CN2C(=O)c2cc(C(F)(F)F)cc(C(F)(F)F)c2)c2ccccc21. The molecule has 2 aliphatic rings. The highest BCUT2D eigenvalue weighted by Crippen LogP contribution is 2.38. The Kier molecular flexibility index (Phi) is 9.72. The average molecular weight is 756 g/mol. The summed E-state index contributed by atoms with van der Waals surface area (Å²) >= 11 is 0. The maximum Gasteiger partial charge on any atom is 0.534 e. The predicted molar refractivity (Wildman–Crippen MR) is 163 cm³/mol. The fourth-order valence-electron chi connectivity index (χ4n) is 6.00. The molecule has 3 heterocycles. The smallest absolute Gasteiger partial charge is 0.443 e. The molecule has 0 bridgehead atoms. The lowest BCUT2D eigenvalue weighted by Crippen LogP contribution is -2.61. The lowest BCUT2D eigenvalue weighted by atomic mass is 9.94. The van der Waals surface area contributed by atoms with E-state index in [1.165, 1.54) is 15.7 Å². The summed E-state index contributed by atoms with van der Waals surface area (Å²) in [4.78, 5) is 29.7. The van der Waals surface area contributed by atoms with E-state index in [9.17, 15) is 57.5 Å². The van der Waals surface area contributed by atoms with E-state index in [1.54, 1.807) is 45.0 Å². The number of para-hydroxylation sites is 1. The van der Waals surface area contributed by atoms with Gasteiger partial charge in [-0.2, -0.15) is 47.9 Å². The van der Waals surface area contributed by atoms with Crippen molar-refractivity contribution in [2.75, 3.05) is 19.6 Å². The number of carbonyl (C=O) groups is 2. The molecule has 0 N–H and O–H groups in total. The van der Waals surface area contributed by atoms with Crippen LogP contribution >= 0.6 is 0 Å². The van der Waals surface area contributed by atoms with E-state index in [0.717, 1.165) is 11.0 Å². The van der Waals surface area contributed by atoms with Crippen molar-refractivity contribution in [3.63, 3.8) is 0 Å². The van der Waals surface area contributed by atoms with Crippen LogP contribution in [0.4, 0.5) is 44.3 Å². The molecule has 1 fully saturated rings. The normalized spacial score (nSPS) is 19.5. The first-order valence-electron chi connectivity index (χ1n) is 15.2. The summed E-state index contributed by atoms with van der Waals surface area (Å²) in [5.41, 5.74) is -10.1. The molecule has 5 rings (SSSR count). The van der Waals surface area contributed by atoms with E-state index in [0.29, 0.717) is 28.6 Å². The lowest BCUT2D eigenvalue weighted by Gasteiger charge is -2.48. The van der Waals surface area contributed by atoms with Crippen LogP contribution in [0, 0.1) is 0 Å². The highest BCUT2D eigenvalue weighted by molar-refractivity contribution is 7.87. The fourth-order valence-corrected chi connectivity index (χ4v) is 6.50. The fraction of sp³-hybridized carbons (Fsp3) is 0.438. The van der Waals surface area contributed by atoms with E-state index in [4.69, 9.17) is 4.74 Å². The first-order chi connectivity index (χ1) is 23.3. The number of aromatic nitrogens is 1. The largest absolute Gasteiger partial charge is 0.534 e. The van der Waals surface area contributed by atoms with E-state index >= 15 is 0 Å². The van der Waals surface area contributed by atoms with Gasteiger partial charge in [-0.3, -0.25) is 14.3 Å². The quantitative estimate of drug-likeness (QED) is 0.153. The van der Waals surface area contributed by atoms with E-state index in [1.807, 2.05) is 0 Å². The Labute approximate surface area is 285 Å². The third-order valence-corrected chi connectivity index (χ3v) is 9.22. The van der Waals surface area contributed by atoms with Gasteiger partial charge in [-0.25, -0.2) is 4.79 Å². The van der Waals surface area contributed by atoms with Crippen molar-refractivity contribution in [2.24, 2.45) is 0 Å². The minimum Gasteiger partial charge on any atom is -0.443 e. The molecule has 2 atom stereocenters. The van der Waals surface area contributed by atoms with Gasteiger partial charge in [0.25, 0.3) is 5.91 Å². The lowest BCUT2D eigenvalue weighted by molar-refractivity contribution is -0.143. The molecule has 1 aromatic heterocycles. The van der Waals surface area contributed by atoms with Crippen LogP contribution in [-0.4, -0.2) is 77.6 Å². The number of piperazine rings is 1. The van der Waals surface area contributed by atoms with Gasteiger partial charge in [0.15, 0.2) is 0 Å². The first-order valence-corrected chi connectivity index (χ1v) is 16.6. The summed E-state index contributed by atoms with van der Waals surface area (Å²) in [6, 6.07) is 5.24. The van der Waals surface area contributed by atoms with Crippen LogP contribution < -0.4 is 0 Å². The maximum absolute atomic E-state index is 14.0. The number of rotatable bonds is 5. The molecule has 2 aliphatic heterocycles. The number of alkyl halides is 9. The van der Waals surface area contributed by atoms with Crippen LogP contribution in [0.1, 0.15) is 54.2 Å². The highest BCUT2D eigenvalue weighted by atomic mass is 32.2. The third-order valence-electron chi connectivity index (χ3n) is 8.22. The molecule has 0 spiro atoms. The Hall–Kier alpha value is -4.26. The zero-order valence-corrected chi connectivity index (χ0v) is 27.8. The van der Waals surface area contributed by atoms with Gasteiger partial charge in [0.2, 0.25) is 0 Å². The van der Waals surface area contributed by atoms with Crippen LogP contribution in [-0.2, 0) is 37.8 Å². The number of hydrogen-bond donors (Lipinski definition) is 0. The highest BCUT2D eigenvalue weighted by Gasteiger charge is 2.50. The van der Waals surface area contributed by atoms with Gasteiger partial charge in [0.1, 0.15) is 11.4 Å². The molecule has 9 nitrogen and oxygen atoms in total. The number of amides is 1. The second-order valence-corrected chi connectivity index (χ2v) is 14.6. The Morgan fingerprint density at radius 3 is 2.06 bits per heavy atom.